The maximum absolute atomic E-state index is 12.4. The first kappa shape index (κ1) is 23.8. The van der Waals surface area contributed by atoms with E-state index in [1.165, 1.54) is 11.8 Å². The molecule has 1 fully saturated rings. The second-order valence-electron chi connectivity index (χ2n) is 7.74. The monoisotopic (exact) mass is 536 g/mol. The largest absolute Gasteiger partial charge is 0.489 e. The van der Waals surface area contributed by atoms with E-state index in [-0.39, 0.29) is 11.5 Å². The Hall–Kier alpha value is -3.36. The van der Waals surface area contributed by atoms with Crippen LogP contribution < -0.4 is 10.1 Å². The number of amidine groups is 1. The molecule has 0 aliphatic carbocycles. The summed E-state index contributed by atoms with van der Waals surface area (Å²) < 4.78 is 6.83. The zero-order valence-corrected chi connectivity index (χ0v) is 20.9. The van der Waals surface area contributed by atoms with E-state index in [0.717, 1.165) is 32.4 Å². The molecule has 1 amide bonds. The van der Waals surface area contributed by atoms with Gasteiger partial charge >= 0.3 is 5.97 Å². The molecule has 3 aromatic rings. The first-order valence-corrected chi connectivity index (χ1v) is 12.0. The molecule has 1 aliphatic heterocycles. The van der Waals surface area contributed by atoms with E-state index in [4.69, 9.17) is 9.84 Å². The Balaban J connectivity index is 1.40. The summed E-state index contributed by atoms with van der Waals surface area (Å²) in [5.41, 5.74) is 4.95. The van der Waals surface area contributed by atoms with Gasteiger partial charge in [0, 0.05) is 4.47 Å². The summed E-state index contributed by atoms with van der Waals surface area (Å²) in [6.07, 6.45) is 1.81. The lowest BCUT2D eigenvalue weighted by molar-refractivity contribution is -0.115. The van der Waals surface area contributed by atoms with Crippen molar-refractivity contribution in [3.05, 3.63) is 97.9 Å². The Morgan fingerprint density at radius 3 is 2.35 bits per heavy atom. The number of aromatic carboxylic acids is 1. The number of nitrogens with one attached hydrogen (secondary N) is 1. The molecule has 0 unspecified atom stereocenters. The Bertz CT molecular complexity index is 1290. The quantitative estimate of drug-likeness (QED) is 0.364. The summed E-state index contributed by atoms with van der Waals surface area (Å²) in [5.74, 6) is -0.459. The van der Waals surface area contributed by atoms with E-state index in [2.05, 4.69) is 26.2 Å². The van der Waals surface area contributed by atoms with Crippen molar-refractivity contribution in [3.63, 3.8) is 0 Å². The van der Waals surface area contributed by atoms with Gasteiger partial charge in [-0.05, 0) is 90.3 Å². The highest BCUT2D eigenvalue weighted by Crippen LogP contribution is 2.31. The van der Waals surface area contributed by atoms with Crippen molar-refractivity contribution in [2.75, 3.05) is 0 Å². The van der Waals surface area contributed by atoms with Crippen molar-refractivity contribution in [3.8, 4) is 5.75 Å². The average Bonchev–Trinajstić information content (AvgIpc) is 3.15. The van der Waals surface area contributed by atoms with E-state index >= 15 is 0 Å². The van der Waals surface area contributed by atoms with Crippen LogP contribution in [0.25, 0.3) is 6.08 Å². The summed E-state index contributed by atoms with van der Waals surface area (Å²) in [4.78, 5) is 28.5. The number of hydrogen-bond donors (Lipinski definition) is 2. The standard InChI is InChI=1S/C26H21BrN2O4S/c1-15-11-20(12-16(2)23(15)27)28-26-29-24(30)22(34-26)13-17-5-9-21(10-6-17)33-14-18-3-7-19(8-4-18)25(31)32/h3-13H,14H2,1-2H3,(H,31,32)(H,28,29,30)/b22-13-. The van der Waals surface area contributed by atoms with E-state index in [1.54, 1.807) is 24.3 Å². The summed E-state index contributed by atoms with van der Waals surface area (Å²) >= 11 is 4.86. The number of halogens is 1. The fourth-order valence-corrected chi connectivity index (χ4v) is 4.38. The molecule has 1 saturated heterocycles. The Labute approximate surface area is 209 Å². The number of hydrogen-bond acceptors (Lipinski definition) is 5. The number of nitrogens with zero attached hydrogens (tertiary/aromatic N) is 1. The Kier molecular flexibility index (Phi) is 7.19. The fraction of sp³-hybridized carbons (Fsp3) is 0.115. The maximum atomic E-state index is 12.4. The van der Waals surface area contributed by atoms with Crippen molar-refractivity contribution in [1.82, 2.24) is 5.32 Å². The van der Waals surface area contributed by atoms with Crippen molar-refractivity contribution >= 4 is 56.5 Å². The fourth-order valence-electron chi connectivity index (χ4n) is 3.31. The van der Waals surface area contributed by atoms with Gasteiger partial charge in [-0.25, -0.2) is 9.79 Å². The summed E-state index contributed by atoms with van der Waals surface area (Å²) in [7, 11) is 0. The zero-order valence-electron chi connectivity index (χ0n) is 18.5. The van der Waals surface area contributed by atoms with Crippen LogP contribution in [-0.4, -0.2) is 22.2 Å². The lowest BCUT2D eigenvalue weighted by Gasteiger charge is -2.07. The number of aliphatic imine (C=N–C) groups is 1. The minimum Gasteiger partial charge on any atom is -0.489 e. The summed E-state index contributed by atoms with van der Waals surface area (Å²) in [5, 5.41) is 12.3. The van der Waals surface area contributed by atoms with Crippen molar-refractivity contribution in [1.29, 1.82) is 0 Å². The highest BCUT2D eigenvalue weighted by atomic mass is 79.9. The molecular weight excluding hydrogens is 516 g/mol. The number of amides is 1. The van der Waals surface area contributed by atoms with Crippen molar-refractivity contribution < 1.29 is 19.4 Å². The summed E-state index contributed by atoms with van der Waals surface area (Å²) in [6, 6.07) is 17.9. The van der Waals surface area contributed by atoms with Gasteiger partial charge in [0.1, 0.15) is 12.4 Å². The van der Waals surface area contributed by atoms with Crippen LogP contribution in [0.3, 0.4) is 0 Å². The number of benzene rings is 3. The molecule has 172 valence electrons. The number of carboxylic acid groups (broad SMARTS) is 1. The number of carbonyl (C=O) groups excluding carboxylic acids is 1. The number of aryl methyl sites for hydroxylation is 2. The van der Waals surface area contributed by atoms with Gasteiger partial charge in [-0.2, -0.15) is 0 Å². The zero-order chi connectivity index (χ0) is 24.2. The van der Waals surface area contributed by atoms with Crippen LogP contribution in [0.15, 0.2) is 75.0 Å². The molecule has 34 heavy (non-hydrogen) atoms. The lowest BCUT2D eigenvalue weighted by atomic mass is 10.1. The second kappa shape index (κ2) is 10.3. The third kappa shape index (κ3) is 5.76. The number of carboxylic acids is 1. The minimum atomic E-state index is -0.955. The molecule has 0 spiro atoms. The molecule has 0 saturated carbocycles. The van der Waals surface area contributed by atoms with E-state index < -0.39 is 5.97 Å². The van der Waals surface area contributed by atoms with E-state index in [9.17, 15) is 9.59 Å². The smallest absolute Gasteiger partial charge is 0.335 e. The van der Waals surface area contributed by atoms with E-state index in [1.807, 2.05) is 56.3 Å². The molecule has 0 atom stereocenters. The normalized spacial score (nSPS) is 15.6. The van der Waals surface area contributed by atoms with Crippen LogP contribution in [0, 0.1) is 13.8 Å². The molecule has 4 rings (SSSR count). The molecule has 2 N–H and O–H groups in total. The van der Waals surface area contributed by atoms with Crippen LogP contribution in [0.5, 0.6) is 5.75 Å². The molecule has 6 nitrogen and oxygen atoms in total. The van der Waals surface area contributed by atoms with Gasteiger partial charge in [0.25, 0.3) is 5.91 Å². The van der Waals surface area contributed by atoms with Gasteiger partial charge in [-0.1, -0.05) is 40.2 Å². The van der Waals surface area contributed by atoms with Crippen LogP contribution in [0.1, 0.15) is 32.6 Å². The number of thioether (sulfide) groups is 1. The predicted octanol–water partition coefficient (Wildman–Crippen LogP) is 6.23. The van der Waals surface area contributed by atoms with Gasteiger partial charge < -0.3 is 15.2 Å². The number of rotatable bonds is 6. The highest BCUT2D eigenvalue weighted by molar-refractivity contribution is 9.10. The Morgan fingerprint density at radius 1 is 1.09 bits per heavy atom. The van der Waals surface area contributed by atoms with Gasteiger partial charge in [0.15, 0.2) is 5.17 Å². The van der Waals surface area contributed by atoms with Crippen LogP contribution in [0.4, 0.5) is 5.69 Å². The number of carbonyl (C=O) groups is 2. The van der Waals surface area contributed by atoms with E-state index in [0.29, 0.717) is 22.4 Å². The van der Waals surface area contributed by atoms with Crippen LogP contribution in [-0.2, 0) is 11.4 Å². The topological polar surface area (TPSA) is 88.0 Å². The molecule has 0 aromatic heterocycles. The maximum Gasteiger partial charge on any atom is 0.335 e. The third-order valence-electron chi connectivity index (χ3n) is 5.09. The van der Waals surface area contributed by atoms with Gasteiger partial charge in [-0.3, -0.25) is 4.79 Å². The SMILES string of the molecule is Cc1cc(N=C2NC(=O)/C(=C/c3ccc(OCc4ccc(C(=O)O)cc4)cc3)S2)cc(C)c1Br. The molecular formula is C26H21BrN2O4S. The minimum absolute atomic E-state index is 0.181. The summed E-state index contributed by atoms with van der Waals surface area (Å²) in [6.45, 7) is 4.34. The van der Waals surface area contributed by atoms with Gasteiger partial charge in [0.2, 0.25) is 0 Å². The first-order chi connectivity index (χ1) is 16.3. The van der Waals surface area contributed by atoms with Gasteiger partial charge in [0.05, 0.1) is 16.2 Å². The van der Waals surface area contributed by atoms with Crippen LogP contribution in [0.2, 0.25) is 0 Å². The first-order valence-electron chi connectivity index (χ1n) is 10.4. The second-order valence-corrected chi connectivity index (χ2v) is 9.56. The highest BCUT2D eigenvalue weighted by Gasteiger charge is 2.24. The lowest BCUT2D eigenvalue weighted by Crippen LogP contribution is -2.19. The van der Waals surface area contributed by atoms with Crippen molar-refractivity contribution in [2.45, 2.75) is 20.5 Å². The predicted molar refractivity (Wildman–Crippen MR) is 139 cm³/mol. The number of ether oxygens (including phenoxy) is 1. The molecule has 1 heterocycles. The molecule has 0 radical (unpaired) electrons. The molecule has 8 heteroatoms. The van der Waals surface area contributed by atoms with Crippen molar-refractivity contribution in [2.24, 2.45) is 4.99 Å². The van der Waals surface area contributed by atoms with Crippen LogP contribution >= 0.6 is 27.7 Å². The van der Waals surface area contributed by atoms with Gasteiger partial charge in [-0.15, -0.1) is 0 Å². The third-order valence-corrected chi connectivity index (χ3v) is 7.25. The Morgan fingerprint density at radius 2 is 1.74 bits per heavy atom. The molecule has 1 aliphatic rings. The molecule has 0 bridgehead atoms. The molecule has 3 aromatic carbocycles. The average molecular weight is 537 g/mol.